The number of hydrogen-bond donors (Lipinski definition) is 1. The van der Waals surface area contributed by atoms with E-state index >= 15 is 0 Å². The minimum atomic E-state index is -3.77. The summed E-state index contributed by atoms with van der Waals surface area (Å²) in [5, 5.41) is 3.94. The van der Waals surface area contributed by atoms with Crippen molar-refractivity contribution in [3.63, 3.8) is 0 Å². The van der Waals surface area contributed by atoms with Gasteiger partial charge in [0.2, 0.25) is 10.0 Å². The summed E-state index contributed by atoms with van der Waals surface area (Å²) < 4.78 is 48.7. The lowest BCUT2D eigenvalue weighted by molar-refractivity contribution is -0.119. The Bertz CT molecular complexity index is 1010. The minimum absolute atomic E-state index is 0.236. The predicted octanol–water partition coefficient (Wildman–Crippen LogP) is 2.15. The molecule has 29 heavy (non-hydrogen) atoms. The molecule has 0 fully saturated rings. The molecule has 0 aliphatic carbocycles. The molecule has 0 heterocycles. The van der Waals surface area contributed by atoms with Crippen LogP contribution in [-0.2, 0) is 14.8 Å². The maximum atomic E-state index is 13.0. The monoisotopic (exact) mass is 423 g/mol. The van der Waals surface area contributed by atoms with Gasteiger partial charge in [0.05, 0.1) is 31.9 Å². The van der Waals surface area contributed by atoms with E-state index in [0.29, 0.717) is 22.8 Å². The molecule has 156 valence electrons. The molecule has 2 aromatic rings. The van der Waals surface area contributed by atoms with Crippen molar-refractivity contribution in [1.82, 2.24) is 5.43 Å². The van der Waals surface area contributed by atoms with E-state index in [1.807, 2.05) is 0 Å². The van der Waals surface area contributed by atoms with E-state index in [4.69, 9.17) is 9.47 Å². The van der Waals surface area contributed by atoms with Crippen LogP contribution in [0.1, 0.15) is 12.5 Å². The number of anilines is 1. The Labute approximate surface area is 169 Å². The summed E-state index contributed by atoms with van der Waals surface area (Å²) in [6.45, 7) is 1.14. The van der Waals surface area contributed by atoms with Crippen molar-refractivity contribution in [3.05, 3.63) is 53.8 Å². The molecule has 1 N–H and O–H groups in total. The smallest absolute Gasteiger partial charge is 0.260 e. The van der Waals surface area contributed by atoms with Crippen LogP contribution in [0.25, 0.3) is 0 Å². The summed E-state index contributed by atoms with van der Waals surface area (Å²) in [5.74, 6) is -0.283. The molecule has 2 aromatic carbocycles. The third-order valence-corrected chi connectivity index (χ3v) is 5.09. The number of hydrazone groups is 1. The third kappa shape index (κ3) is 5.92. The van der Waals surface area contributed by atoms with Gasteiger partial charge in [-0.3, -0.25) is 9.10 Å². The zero-order chi connectivity index (χ0) is 21.6. The number of amides is 1. The van der Waals surface area contributed by atoms with E-state index in [1.165, 1.54) is 50.6 Å². The fourth-order valence-electron chi connectivity index (χ4n) is 2.45. The van der Waals surface area contributed by atoms with Crippen LogP contribution in [0.2, 0.25) is 0 Å². The van der Waals surface area contributed by atoms with Crippen molar-refractivity contribution in [2.24, 2.45) is 5.10 Å². The van der Waals surface area contributed by atoms with Crippen molar-refractivity contribution >= 4 is 27.3 Å². The van der Waals surface area contributed by atoms with Gasteiger partial charge in [-0.15, -0.1) is 0 Å². The number of hydrogen-bond acceptors (Lipinski definition) is 6. The predicted molar refractivity (Wildman–Crippen MR) is 108 cm³/mol. The highest BCUT2D eigenvalue weighted by atomic mass is 32.2. The van der Waals surface area contributed by atoms with Crippen LogP contribution in [0.15, 0.2) is 47.6 Å². The molecule has 0 atom stereocenters. The molecule has 10 heteroatoms. The fraction of sp³-hybridized carbons (Fsp3) is 0.263. The number of halogens is 1. The Morgan fingerprint density at radius 3 is 2.28 bits per heavy atom. The van der Waals surface area contributed by atoms with Gasteiger partial charge in [-0.25, -0.2) is 18.2 Å². The quantitative estimate of drug-likeness (QED) is 0.518. The summed E-state index contributed by atoms with van der Waals surface area (Å²) in [5.41, 5.74) is 3.61. The third-order valence-electron chi connectivity index (χ3n) is 3.95. The second kappa shape index (κ2) is 9.37. The minimum Gasteiger partial charge on any atom is -0.493 e. The summed E-state index contributed by atoms with van der Waals surface area (Å²) in [4.78, 5) is 12.3. The largest absolute Gasteiger partial charge is 0.493 e. The van der Waals surface area contributed by atoms with Gasteiger partial charge < -0.3 is 9.47 Å². The van der Waals surface area contributed by atoms with Crippen molar-refractivity contribution in [1.29, 1.82) is 0 Å². The maximum Gasteiger partial charge on any atom is 0.260 e. The number of carbonyl (C=O) groups excluding carboxylic acids is 1. The zero-order valence-electron chi connectivity index (χ0n) is 16.5. The van der Waals surface area contributed by atoms with Gasteiger partial charge in [0.25, 0.3) is 5.91 Å². The highest BCUT2D eigenvalue weighted by Crippen LogP contribution is 2.32. The maximum absolute atomic E-state index is 13.0. The van der Waals surface area contributed by atoms with Crippen molar-refractivity contribution in [2.45, 2.75) is 6.92 Å². The first-order valence-corrected chi connectivity index (χ1v) is 10.3. The van der Waals surface area contributed by atoms with E-state index in [1.54, 1.807) is 13.0 Å². The first kappa shape index (κ1) is 22.2. The molecular weight excluding hydrogens is 401 g/mol. The molecule has 0 saturated carbocycles. The van der Waals surface area contributed by atoms with E-state index in [9.17, 15) is 17.6 Å². The van der Waals surface area contributed by atoms with Crippen LogP contribution in [-0.4, -0.2) is 47.1 Å². The standard InChI is InChI=1S/C19H22FN3O5S/c1-13(14-5-7-15(20)8-6-14)21-22-19(24)12-23(29(4,25)26)16-9-10-17(27-2)18(11-16)28-3/h5-11H,12H2,1-4H3,(H,22,24)/b21-13-. The highest BCUT2D eigenvalue weighted by molar-refractivity contribution is 7.92. The van der Waals surface area contributed by atoms with Crippen molar-refractivity contribution in [2.75, 3.05) is 31.3 Å². The van der Waals surface area contributed by atoms with Crippen molar-refractivity contribution < 1.29 is 27.1 Å². The second-order valence-corrected chi connectivity index (χ2v) is 7.95. The normalized spacial score (nSPS) is 11.7. The van der Waals surface area contributed by atoms with Crippen LogP contribution >= 0.6 is 0 Å². The number of nitrogens with one attached hydrogen (secondary N) is 1. The van der Waals surface area contributed by atoms with Gasteiger partial charge in [-0.1, -0.05) is 12.1 Å². The molecule has 0 unspecified atom stereocenters. The van der Waals surface area contributed by atoms with Crippen LogP contribution in [0, 0.1) is 5.82 Å². The Kier molecular flexibility index (Phi) is 7.16. The molecule has 0 spiro atoms. The molecule has 0 bridgehead atoms. The van der Waals surface area contributed by atoms with Crippen LogP contribution in [0.5, 0.6) is 11.5 Å². The molecule has 0 aliphatic heterocycles. The van der Waals surface area contributed by atoms with Gasteiger partial charge >= 0.3 is 0 Å². The molecule has 0 saturated heterocycles. The molecule has 0 aliphatic rings. The summed E-state index contributed by atoms with van der Waals surface area (Å²) in [6, 6.07) is 10.1. The lowest BCUT2D eigenvalue weighted by Crippen LogP contribution is -2.39. The lowest BCUT2D eigenvalue weighted by atomic mass is 10.1. The number of benzene rings is 2. The van der Waals surface area contributed by atoms with Gasteiger partial charge in [0, 0.05) is 6.07 Å². The lowest BCUT2D eigenvalue weighted by Gasteiger charge is -2.22. The van der Waals surface area contributed by atoms with Crippen LogP contribution in [0.3, 0.4) is 0 Å². The molecule has 0 aromatic heterocycles. The van der Waals surface area contributed by atoms with Gasteiger partial charge in [0.15, 0.2) is 11.5 Å². The fourth-order valence-corrected chi connectivity index (χ4v) is 3.30. The average Bonchev–Trinajstić information content (AvgIpc) is 2.69. The number of rotatable bonds is 8. The number of carbonyl (C=O) groups is 1. The number of methoxy groups -OCH3 is 2. The highest BCUT2D eigenvalue weighted by Gasteiger charge is 2.22. The number of sulfonamides is 1. The Hall–Kier alpha value is -3.14. The number of ether oxygens (including phenoxy) is 2. The van der Waals surface area contributed by atoms with Crippen LogP contribution < -0.4 is 19.2 Å². The average molecular weight is 423 g/mol. The van der Waals surface area contributed by atoms with E-state index in [2.05, 4.69) is 10.5 Å². The SMILES string of the molecule is COc1ccc(N(CC(=O)N/N=C(/C)c2ccc(F)cc2)S(C)(=O)=O)cc1OC. The zero-order valence-corrected chi connectivity index (χ0v) is 17.3. The molecule has 2 rings (SSSR count). The van der Waals surface area contributed by atoms with E-state index < -0.39 is 22.5 Å². The number of nitrogens with zero attached hydrogens (tertiary/aromatic N) is 2. The van der Waals surface area contributed by atoms with E-state index in [0.717, 1.165) is 10.6 Å². The van der Waals surface area contributed by atoms with Crippen LogP contribution in [0.4, 0.5) is 10.1 Å². The van der Waals surface area contributed by atoms with Gasteiger partial charge in [-0.2, -0.15) is 5.10 Å². The molecule has 8 nitrogen and oxygen atoms in total. The van der Waals surface area contributed by atoms with Crippen molar-refractivity contribution in [3.8, 4) is 11.5 Å². The molecular formula is C19H22FN3O5S. The molecule has 0 radical (unpaired) electrons. The first-order valence-electron chi connectivity index (χ1n) is 8.44. The van der Waals surface area contributed by atoms with Gasteiger partial charge in [-0.05, 0) is 36.8 Å². The van der Waals surface area contributed by atoms with Gasteiger partial charge in [0.1, 0.15) is 12.4 Å². The summed E-state index contributed by atoms with van der Waals surface area (Å²) >= 11 is 0. The topological polar surface area (TPSA) is 97.3 Å². The Morgan fingerprint density at radius 2 is 1.72 bits per heavy atom. The molecule has 1 amide bonds. The first-order chi connectivity index (χ1) is 13.7. The Balaban J connectivity index is 2.19. The summed E-state index contributed by atoms with van der Waals surface area (Å²) in [7, 11) is -0.885. The summed E-state index contributed by atoms with van der Waals surface area (Å²) in [6.07, 6.45) is 0.990. The second-order valence-electron chi connectivity index (χ2n) is 6.05. The Morgan fingerprint density at radius 1 is 1.10 bits per heavy atom. The van der Waals surface area contributed by atoms with E-state index in [-0.39, 0.29) is 11.5 Å².